The summed E-state index contributed by atoms with van der Waals surface area (Å²) in [4.78, 5) is 4.64. The number of nitrogens with zero attached hydrogens (tertiary/aromatic N) is 1. The Bertz CT molecular complexity index is 549. The van der Waals surface area contributed by atoms with Gasteiger partial charge < -0.3 is 10.3 Å². The number of allylic oxidation sites excluding steroid dienone is 1. The number of benzene rings is 1. The number of aliphatic imine (C=N–C) groups is 1. The average molecular weight is 304 g/mol. The third-order valence-corrected chi connectivity index (χ3v) is 7.34. The fourth-order valence-electron chi connectivity index (χ4n) is 2.20. The van der Waals surface area contributed by atoms with Crippen molar-refractivity contribution in [3.63, 3.8) is 0 Å². The van der Waals surface area contributed by atoms with Crippen molar-refractivity contribution in [2.45, 2.75) is 51.4 Å². The summed E-state index contributed by atoms with van der Waals surface area (Å²) in [7, 11) is -0.705. The lowest BCUT2D eigenvalue weighted by Gasteiger charge is -2.57. The molecule has 4 heteroatoms. The Hall–Kier alpha value is -1.18. The van der Waals surface area contributed by atoms with Crippen LogP contribution in [0.2, 0.25) is 0 Å². The highest BCUT2D eigenvalue weighted by Gasteiger charge is 2.57. The largest absolute Gasteiger partial charge is 0.404 e. The lowest BCUT2D eigenvalue weighted by atomic mass is 9.93. The van der Waals surface area contributed by atoms with Crippen molar-refractivity contribution in [3.8, 4) is 0 Å². The highest BCUT2D eigenvalue weighted by molar-refractivity contribution is 7.61. The van der Waals surface area contributed by atoms with Crippen LogP contribution in [0.5, 0.6) is 0 Å². The van der Waals surface area contributed by atoms with Crippen LogP contribution in [0.25, 0.3) is 0 Å². The molecule has 0 bridgehead atoms. The first-order valence-corrected chi connectivity index (χ1v) is 8.55. The minimum absolute atomic E-state index is 0.105. The molecule has 114 valence electrons. The van der Waals surface area contributed by atoms with Gasteiger partial charge in [0, 0.05) is 22.9 Å². The first-order valence-electron chi connectivity index (χ1n) is 7.29. The van der Waals surface area contributed by atoms with Crippen molar-refractivity contribution < 1.29 is 4.52 Å². The molecule has 2 rings (SSSR count). The van der Waals surface area contributed by atoms with Gasteiger partial charge in [0.15, 0.2) is 0 Å². The van der Waals surface area contributed by atoms with E-state index >= 15 is 0 Å². The van der Waals surface area contributed by atoms with E-state index in [1.807, 2.05) is 24.4 Å². The normalized spacial score (nSPS) is 25.6. The number of hydrogen-bond acceptors (Lipinski definition) is 3. The minimum Gasteiger partial charge on any atom is -0.404 e. The topological polar surface area (TPSA) is 47.6 Å². The lowest BCUT2D eigenvalue weighted by Crippen LogP contribution is -2.54. The molecular weight excluding hydrogens is 279 g/mol. The van der Waals surface area contributed by atoms with E-state index < -0.39 is 8.15 Å². The molecule has 21 heavy (non-hydrogen) atoms. The zero-order valence-electron chi connectivity index (χ0n) is 13.5. The van der Waals surface area contributed by atoms with Gasteiger partial charge in [0.2, 0.25) is 0 Å². The van der Waals surface area contributed by atoms with E-state index in [0.29, 0.717) is 0 Å². The number of nitrogens with two attached hydrogens (primary N) is 1. The van der Waals surface area contributed by atoms with Gasteiger partial charge in [-0.15, -0.1) is 0 Å². The smallest absolute Gasteiger partial charge is 0.0788 e. The lowest BCUT2D eigenvalue weighted by molar-refractivity contribution is 0.0279. The van der Waals surface area contributed by atoms with Crippen molar-refractivity contribution in [3.05, 3.63) is 47.4 Å². The summed E-state index contributed by atoms with van der Waals surface area (Å²) in [6.45, 7) is 10.8. The van der Waals surface area contributed by atoms with Crippen LogP contribution in [0.4, 0.5) is 0 Å². The molecule has 1 saturated heterocycles. The molecule has 1 aromatic rings. The fourth-order valence-corrected chi connectivity index (χ4v) is 4.58. The average Bonchev–Trinajstić information content (AvgIpc) is 2.47. The van der Waals surface area contributed by atoms with Crippen LogP contribution in [0.15, 0.2) is 46.8 Å². The van der Waals surface area contributed by atoms with E-state index in [1.54, 1.807) is 6.20 Å². The fraction of sp³-hybridized carbons (Fsp3) is 0.471. The van der Waals surface area contributed by atoms with Crippen molar-refractivity contribution >= 4 is 14.4 Å². The quantitative estimate of drug-likeness (QED) is 0.652. The van der Waals surface area contributed by atoms with Gasteiger partial charge in [-0.3, -0.25) is 4.99 Å². The Labute approximate surface area is 129 Å². The second-order valence-electron chi connectivity index (χ2n) is 6.41. The molecule has 2 N–H and O–H groups in total. The summed E-state index contributed by atoms with van der Waals surface area (Å²) >= 11 is 0. The molecule has 2 unspecified atom stereocenters. The van der Waals surface area contributed by atoms with Crippen LogP contribution in [0, 0.1) is 0 Å². The van der Waals surface area contributed by atoms with Crippen LogP contribution in [-0.4, -0.2) is 17.0 Å². The van der Waals surface area contributed by atoms with E-state index in [1.165, 1.54) is 5.56 Å². The van der Waals surface area contributed by atoms with Gasteiger partial charge in [0.1, 0.15) is 0 Å². The Morgan fingerprint density at radius 2 is 1.86 bits per heavy atom. The van der Waals surface area contributed by atoms with Gasteiger partial charge in [-0.2, -0.15) is 0 Å². The molecule has 0 aliphatic carbocycles. The minimum atomic E-state index is -0.705. The molecule has 0 aromatic heterocycles. The van der Waals surface area contributed by atoms with E-state index in [2.05, 4.69) is 51.7 Å². The molecule has 0 radical (unpaired) electrons. The molecule has 1 aromatic carbocycles. The first-order chi connectivity index (χ1) is 9.79. The van der Waals surface area contributed by atoms with Crippen molar-refractivity contribution in [2.24, 2.45) is 10.7 Å². The standard InChI is InChI=1S/C17H25N2OP/c1-13(14-9-7-6-8-10-14)19-12-15(11-18)21-17(4,5)16(2,3)20-21/h6-13H,18H2,1-5H3. The summed E-state index contributed by atoms with van der Waals surface area (Å²) in [5, 5.41) is 1.12. The molecule has 1 aliphatic heterocycles. The van der Waals surface area contributed by atoms with Gasteiger partial charge in [0.05, 0.1) is 19.8 Å². The summed E-state index contributed by atoms with van der Waals surface area (Å²) in [6, 6.07) is 10.4. The summed E-state index contributed by atoms with van der Waals surface area (Å²) in [6.07, 6.45) is 3.53. The van der Waals surface area contributed by atoms with Crippen LogP contribution in [0.1, 0.15) is 46.2 Å². The van der Waals surface area contributed by atoms with Crippen molar-refractivity contribution in [1.29, 1.82) is 0 Å². The highest BCUT2D eigenvalue weighted by atomic mass is 31.1. The first kappa shape index (κ1) is 16.2. The van der Waals surface area contributed by atoms with Gasteiger partial charge in [-0.05, 0) is 26.3 Å². The molecular formula is C17H25N2OP. The Morgan fingerprint density at radius 3 is 2.33 bits per heavy atom. The Kier molecular flexibility index (Phi) is 4.55. The summed E-state index contributed by atoms with van der Waals surface area (Å²) in [5.74, 6) is 0. The van der Waals surface area contributed by atoms with Crippen molar-refractivity contribution in [2.75, 3.05) is 0 Å². The molecule has 1 fully saturated rings. The molecule has 3 nitrogen and oxygen atoms in total. The molecule has 1 aliphatic rings. The van der Waals surface area contributed by atoms with Crippen LogP contribution >= 0.6 is 8.15 Å². The Morgan fingerprint density at radius 1 is 1.24 bits per heavy atom. The maximum Gasteiger partial charge on any atom is 0.0788 e. The number of rotatable bonds is 4. The van der Waals surface area contributed by atoms with Gasteiger partial charge in [-0.1, -0.05) is 44.2 Å². The zero-order valence-corrected chi connectivity index (χ0v) is 14.4. The van der Waals surface area contributed by atoms with Gasteiger partial charge in [-0.25, -0.2) is 0 Å². The van der Waals surface area contributed by atoms with E-state index in [-0.39, 0.29) is 16.8 Å². The second-order valence-corrected chi connectivity index (χ2v) is 8.82. The third-order valence-electron chi connectivity index (χ3n) is 4.42. The third kappa shape index (κ3) is 3.04. The van der Waals surface area contributed by atoms with Gasteiger partial charge >= 0.3 is 0 Å². The predicted octanol–water partition coefficient (Wildman–Crippen LogP) is 4.60. The monoisotopic (exact) mass is 304 g/mol. The molecule has 1 heterocycles. The predicted molar refractivity (Wildman–Crippen MR) is 91.8 cm³/mol. The number of hydrogen-bond donors (Lipinski definition) is 1. The van der Waals surface area contributed by atoms with E-state index in [9.17, 15) is 0 Å². The van der Waals surface area contributed by atoms with Crippen LogP contribution in [-0.2, 0) is 4.52 Å². The maximum absolute atomic E-state index is 6.06. The molecule has 0 spiro atoms. The summed E-state index contributed by atoms with van der Waals surface area (Å²) < 4.78 is 6.06. The summed E-state index contributed by atoms with van der Waals surface area (Å²) in [5.41, 5.74) is 6.90. The van der Waals surface area contributed by atoms with Crippen molar-refractivity contribution in [1.82, 2.24) is 0 Å². The van der Waals surface area contributed by atoms with Gasteiger partial charge in [0.25, 0.3) is 0 Å². The van der Waals surface area contributed by atoms with E-state index in [0.717, 1.165) is 5.31 Å². The molecule has 0 saturated carbocycles. The SMILES string of the molecule is CC(N=CC(=CN)P1OC(C)(C)C1(C)C)c1ccccc1. The molecule has 0 amide bonds. The van der Waals surface area contributed by atoms with E-state index in [4.69, 9.17) is 10.3 Å². The van der Waals surface area contributed by atoms with Crippen LogP contribution in [0.3, 0.4) is 0 Å². The second kappa shape index (κ2) is 5.90. The molecule has 2 atom stereocenters. The zero-order chi connectivity index (χ0) is 15.7. The maximum atomic E-state index is 6.06. The van der Waals surface area contributed by atoms with Crippen LogP contribution < -0.4 is 5.73 Å². The Balaban J connectivity index is 2.10. The highest BCUT2D eigenvalue weighted by Crippen LogP contribution is 2.72.